The van der Waals surface area contributed by atoms with Gasteiger partial charge >= 0.3 is 0 Å². The molecule has 2 rings (SSSR count). The Morgan fingerprint density at radius 3 is 3.06 bits per heavy atom. The summed E-state index contributed by atoms with van der Waals surface area (Å²) in [5.41, 5.74) is 6.08. The number of nitrogens with zero attached hydrogens (tertiary/aromatic N) is 3. The van der Waals surface area contributed by atoms with E-state index in [0.29, 0.717) is 18.8 Å². The quantitative estimate of drug-likeness (QED) is 0.852. The topological polar surface area (TPSA) is 85.8 Å². The first-order chi connectivity index (χ1) is 8.69. The minimum absolute atomic E-state index is 0.108. The first-order valence-electron chi connectivity index (χ1n) is 5.26. The van der Waals surface area contributed by atoms with Gasteiger partial charge in [0.1, 0.15) is 6.54 Å². The molecule has 0 spiro atoms. The fraction of sp³-hybridized carbons (Fsp3) is 0.300. The van der Waals surface area contributed by atoms with E-state index in [2.05, 4.69) is 31.6 Å². The summed E-state index contributed by atoms with van der Waals surface area (Å²) in [6.07, 6.45) is 1.67. The van der Waals surface area contributed by atoms with E-state index in [1.54, 1.807) is 17.5 Å². The van der Waals surface area contributed by atoms with Crippen LogP contribution in [-0.4, -0.2) is 20.9 Å². The maximum Gasteiger partial charge on any atom is 0.242 e. The summed E-state index contributed by atoms with van der Waals surface area (Å²) in [4.78, 5) is 12.8. The Morgan fingerprint density at radius 1 is 1.61 bits per heavy atom. The van der Waals surface area contributed by atoms with E-state index < -0.39 is 0 Å². The van der Waals surface area contributed by atoms with Gasteiger partial charge in [-0.2, -0.15) is 0 Å². The molecule has 2 heterocycles. The van der Waals surface area contributed by atoms with E-state index in [1.165, 1.54) is 4.68 Å². The Hall–Kier alpha value is -1.25. The lowest BCUT2D eigenvalue weighted by atomic mass is 10.4. The molecule has 0 aliphatic carbocycles. The number of aromatic nitrogens is 3. The molecule has 0 aliphatic rings. The zero-order chi connectivity index (χ0) is 13.0. The zero-order valence-electron chi connectivity index (χ0n) is 9.47. The predicted molar refractivity (Wildman–Crippen MR) is 71.8 cm³/mol. The number of halogens is 1. The normalized spacial score (nSPS) is 10.6. The van der Waals surface area contributed by atoms with Gasteiger partial charge in [0.15, 0.2) is 0 Å². The third-order valence-electron chi connectivity index (χ3n) is 2.24. The molecule has 2 aromatic rings. The van der Waals surface area contributed by atoms with Gasteiger partial charge in [0.2, 0.25) is 5.91 Å². The second-order valence-corrected chi connectivity index (χ2v) is 5.44. The lowest BCUT2D eigenvalue weighted by Crippen LogP contribution is -2.27. The number of carbonyl (C=O) groups is 1. The maximum atomic E-state index is 11.7. The third kappa shape index (κ3) is 3.37. The van der Waals surface area contributed by atoms with Gasteiger partial charge < -0.3 is 11.1 Å². The van der Waals surface area contributed by atoms with E-state index in [1.807, 2.05) is 11.4 Å². The smallest absolute Gasteiger partial charge is 0.242 e. The lowest BCUT2D eigenvalue weighted by Gasteiger charge is -2.03. The molecule has 0 unspecified atom stereocenters. The van der Waals surface area contributed by atoms with Crippen LogP contribution in [0.15, 0.2) is 22.1 Å². The van der Waals surface area contributed by atoms with E-state index >= 15 is 0 Å². The van der Waals surface area contributed by atoms with E-state index in [-0.39, 0.29) is 12.5 Å². The summed E-state index contributed by atoms with van der Waals surface area (Å²) >= 11 is 5.01. The van der Waals surface area contributed by atoms with Crippen LogP contribution in [0.25, 0.3) is 0 Å². The monoisotopic (exact) mass is 329 g/mol. The van der Waals surface area contributed by atoms with Crippen molar-refractivity contribution in [2.75, 3.05) is 0 Å². The Balaban J connectivity index is 1.84. The summed E-state index contributed by atoms with van der Waals surface area (Å²) in [5, 5.41) is 12.4. The zero-order valence-corrected chi connectivity index (χ0v) is 11.9. The van der Waals surface area contributed by atoms with Gasteiger partial charge in [-0.1, -0.05) is 5.21 Å². The van der Waals surface area contributed by atoms with Crippen molar-refractivity contribution in [2.45, 2.75) is 19.6 Å². The van der Waals surface area contributed by atoms with Crippen molar-refractivity contribution in [1.29, 1.82) is 0 Å². The maximum absolute atomic E-state index is 11.7. The molecular formula is C10H12BrN5OS. The van der Waals surface area contributed by atoms with Crippen molar-refractivity contribution in [1.82, 2.24) is 20.3 Å². The molecule has 0 saturated carbocycles. The molecule has 0 aromatic carbocycles. The highest BCUT2D eigenvalue weighted by Crippen LogP contribution is 2.21. The Kier molecular flexibility index (Phi) is 4.45. The molecule has 1 amide bonds. The Labute approximate surface area is 116 Å². The van der Waals surface area contributed by atoms with E-state index in [9.17, 15) is 4.79 Å². The van der Waals surface area contributed by atoms with Crippen LogP contribution in [0.5, 0.6) is 0 Å². The van der Waals surface area contributed by atoms with Gasteiger partial charge in [-0.05, 0) is 27.4 Å². The SMILES string of the molecule is NCc1cn(CC(=O)NCc2sccc2Br)nn1. The Morgan fingerprint density at radius 2 is 2.44 bits per heavy atom. The molecule has 0 fully saturated rings. The van der Waals surface area contributed by atoms with Crippen LogP contribution in [0.2, 0.25) is 0 Å². The number of amides is 1. The van der Waals surface area contributed by atoms with Crippen molar-refractivity contribution in [3.63, 3.8) is 0 Å². The molecule has 0 bridgehead atoms. The number of nitrogens with two attached hydrogens (primary N) is 1. The highest BCUT2D eigenvalue weighted by molar-refractivity contribution is 9.10. The van der Waals surface area contributed by atoms with Crippen LogP contribution in [0.1, 0.15) is 10.6 Å². The van der Waals surface area contributed by atoms with Crippen LogP contribution < -0.4 is 11.1 Å². The Bertz CT molecular complexity index is 538. The summed E-state index contributed by atoms with van der Waals surface area (Å²) in [6.45, 7) is 0.981. The molecule has 6 nitrogen and oxygen atoms in total. The van der Waals surface area contributed by atoms with Gasteiger partial charge in [-0.3, -0.25) is 4.79 Å². The van der Waals surface area contributed by atoms with E-state index in [4.69, 9.17) is 5.73 Å². The molecule has 0 aliphatic heterocycles. The molecule has 0 radical (unpaired) electrons. The summed E-state index contributed by atoms with van der Waals surface area (Å²) in [7, 11) is 0. The van der Waals surface area contributed by atoms with Crippen molar-refractivity contribution in [3.8, 4) is 0 Å². The number of carbonyl (C=O) groups excluding carboxylic acids is 1. The number of hydrogen-bond donors (Lipinski definition) is 2. The molecular weight excluding hydrogens is 318 g/mol. The standard InChI is InChI=1S/C10H12BrN5OS/c11-8-1-2-18-9(8)4-13-10(17)6-16-5-7(3-12)14-15-16/h1-2,5H,3-4,6,12H2,(H,13,17). The second kappa shape index (κ2) is 6.07. The van der Waals surface area contributed by atoms with Crippen molar-refractivity contribution < 1.29 is 4.79 Å². The summed E-state index contributed by atoms with van der Waals surface area (Å²) < 4.78 is 2.49. The fourth-order valence-corrected chi connectivity index (χ4v) is 2.77. The van der Waals surface area contributed by atoms with Crippen molar-refractivity contribution in [3.05, 3.63) is 32.7 Å². The molecule has 96 valence electrons. The second-order valence-electron chi connectivity index (χ2n) is 3.58. The van der Waals surface area contributed by atoms with Crippen LogP contribution >= 0.6 is 27.3 Å². The van der Waals surface area contributed by atoms with E-state index in [0.717, 1.165) is 9.35 Å². The highest BCUT2D eigenvalue weighted by atomic mass is 79.9. The van der Waals surface area contributed by atoms with Crippen molar-refractivity contribution >= 4 is 33.2 Å². The lowest BCUT2D eigenvalue weighted by molar-refractivity contribution is -0.122. The third-order valence-corrected chi connectivity index (χ3v) is 4.16. The van der Waals surface area contributed by atoms with Gasteiger partial charge in [0.25, 0.3) is 0 Å². The summed E-state index contributed by atoms with van der Waals surface area (Å²) in [6, 6.07) is 1.96. The number of thiophene rings is 1. The molecule has 3 N–H and O–H groups in total. The minimum atomic E-state index is -0.108. The largest absolute Gasteiger partial charge is 0.350 e. The highest BCUT2D eigenvalue weighted by Gasteiger charge is 2.07. The van der Waals surface area contributed by atoms with Gasteiger partial charge in [-0.15, -0.1) is 16.4 Å². The molecule has 8 heteroatoms. The molecule has 0 atom stereocenters. The number of rotatable bonds is 5. The number of hydrogen-bond acceptors (Lipinski definition) is 5. The first kappa shape index (κ1) is 13.2. The summed E-state index contributed by atoms with van der Waals surface area (Å²) in [5.74, 6) is -0.108. The van der Waals surface area contributed by atoms with Gasteiger partial charge in [0, 0.05) is 15.9 Å². The van der Waals surface area contributed by atoms with Gasteiger partial charge in [0.05, 0.1) is 18.4 Å². The van der Waals surface area contributed by atoms with Crippen LogP contribution in [-0.2, 0) is 24.4 Å². The fourth-order valence-electron chi connectivity index (χ4n) is 1.34. The average Bonchev–Trinajstić information content (AvgIpc) is 2.96. The average molecular weight is 330 g/mol. The van der Waals surface area contributed by atoms with Crippen LogP contribution in [0.4, 0.5) is 0 Å². The minimum Gasteiger partial charge on any atom is -0.350 e. The molecule has 18 heavy (non-hydrogen) atoms. The molecule has 2 aromatic heterocycles. The molecule has 0 saturated heterocycles. The number of nitrogens with one attached hydrogen (secondary N) is 1. The van der Waals surface area contributed by atoms with Crippen molar-refractivity contribution in [2.24, 2.45) is 5.73 Å². The van der Waals surface area contributed by atoms with Crippen LogP contribution in [0, 0.1) is 0 Å². The first-order valence-corrected chi connectivity index (χ1v) is 6.94. The van der Waals surface area contributed by atoms with Crippen LogP contribution in [0.3, 0.4) is 0 Å². The van der Waals surface area contributed by atoms with Gasteiger partial charge in [-0.25, -0.2) is 4.68 Å². The predicted octanol–water partition coefficient (Wildman–Crippen LogP) is 0.877.